The Bertz CT molecular complexity index is 1680. The van der Waals surface area contributed by atoms with Crippen molar-refractivity contribution >= 4 is 26.2 Å². The first kappa shape index (κ1) is 43.5. The maximum absolute atomic E-state index is 15.4. The number of carbonyl (C=O) groups is 3. The van der Waals surface area contributed by atoms with Crippen LogP contribution in [0.2, 0.25) is 19.6 Å². The number of rotatable bonds is 11. The summed E-state index contributed by atoms with van der Waals surface area (Å²) in [5.41, 5.74) is 0.0797. The Balaban J connectivity index is 1.66. The lowest BCUT2D eigenvalue weighted by Gasteiger charge is -2.50. The second kappa shape index (κ2) is 16.3. The van der Waals surface area contributed by atoms with E-state index in [1.54, 1.807) is 0 Å². The molecule has 6 unspecified atom stereocenters. The minimum absolute atomic E-state index is 0.0157. The summed E-state index contributed by atoms with van der Waals surface area (Å²) in [4.78, 5) is 44.3. The summed E-state index contributed by atoms with van der Waals surface area (Å²) in [5, 5.41) is 2.89. The highest BCUT2D eigenvalue weighted by molar-refractivity contribution is 6.78. The highest BCUT2D eigenvalue weighted by atomic mass is 28.3. The Morgan fingerprint density at radius 2 is 1.30 bits per heavy atom. The smallest absolute Gasteiger partial charge is 0.430 e. The van der Waals surface area contributed by atoms with Crippen LogP contribution in [0.4, 0.5) is 9.59 Å². The van der Waals surface area contributed by atoms with Crippen LogP contribution in [0.1, 0.15) is 131 Å². The quantitative estimate of drug-likeness (QED) is 0.0976. The number of hydrogen-bond acceptors (Lipinski definition) is 6. The van der Waals surface area contributed by atoms with Crippen LogP contribution in [0, 0.1) is 22.7 Å². The molecule has 2 bridgehead atoms. The van der Waals surface area contributed by atoms with Crippen molar-refractivity contribution in [3.8, 4) is 0 Å². The maximum Gasteiger partial charge on any atom is 0.430 e. The average molecular weight is 787 g/mol. The zero-order chi connectivity index (χ0) is 41.4. The number of ether oxygens (including phenoxy) is 3. The third kappa shape index (κ3) is 8.93. The van der Waals surface area contributed by atoms with Gasteiger partial charge in [0.05, 0.1) is 25.4 Å². The van der Waals surface area contributed by atoms with Crippen LogP contribution in [0.3, 0.4) is 0 Å². The van der Waals surface area contributed by atoms with Crippen LogP contribution >= 0.6 is 0 Å². The molecular weight excluding hydrogens is 717 g/mol. The molecule has 2 saturated carbocycles. The highest BCUT2D eigenvalue weighted by Crippen LogP contribution is 2.71. The van der Waals surface area contributed by atoms with E-state index in [4.69, 9.17) is 14.2 Å². The third-order valence-corrected chi connectivity index (χ3v) is 15.0. The number of hydrazine groups is 1. The fraction of sp³-hybridized carbons (Fsp3) is 0.638. The van der Waals surface area contributed by atoms with E-state index in [9.17, 15) is 9.59 Å². The molecule has 0 saturated heterocycles. The molecule has 56 heavy (non-hydrogen) atoms. The fourth-order valence-electron chi connectivity index (χ4n) is 9.95. The highest BCUT2D eigenvalue weighted by Gasteiger charge is 2.69. The summed E-state index contributed by atoms with van der Waals surface area (Å²) >= 11 is 0. The number of nitrogens with zero attached hydrogens (tertiary/aromatic N) is 2. The molecule has 2 aliphatic carbocycles. The van der Waals surface area contributed by atoms with Crippen molar-refractivity contribution < 1.29 is 28.6 Å². The molecule has 308 valence electrons. The number of unbranched alkanes of at least 4 members (excludes halogenated alkanes) is 3. The number of fused-ring (bicyclic) bond motifs is 2. The third-order valence-electron chi connectivity index (χ3n) is 12.8. The summed E-state index contributed by atoms with van der Waals surface area (Å²) in [5.74, 6) is -0.0528. The van der Waals surface area contributed by atoms with E-state index in [1.807, 2.05) is 47.6 Å². The Morgan fingerprint density at radius 1 is 0.786 bits per heavy atom. The molecule has 0 radical (unpaired) electrons. The molecular formula is C47H70N2O6Si. The summed E-state index contributed by atoms with van der Waals surface area (Å²) in [6, 6.07) is 20.7. The first-order chi connectivity index (χ1) is 26.0. The van der Waals surface area contributed by atoms with Gasteiger partial charge >= 0.3 is 18.2 Å². The van der Waals surface area contributed by atoms with Gasteiger partial charge in [0.25, 0.3) is 0 Å². The Hall–Kier alpha value is -3.59. The molecule has 2 aromatic rings. The van der Waals surface area contributed by atoms with Crippen molar-refractivity contribution in [2.75, 3.05) is 0 Å². The summed E-state index contributed by atoms with van der Waals surface area (Å²) < 4.78 is 19.2. The fourth-order valence-corrected chi connectivity index (χ4v) is 12.1. The van der Waals surface area contributed by atoms with E-state index in [0.717, 1.165) is 38.5 Å². The zero-order valence-corrected chi connectivity index (χ0v) is 37.6. The standard InChI is InChI=1S/C47H70N2O6Si/c1-14-15-16-23-28-34-31-35(40(56(11,12)13)49(43(52)55-45(5,6)7)48(34)42(51)54-44(2,3)4)41(50)53-39-38(36-29-30-47(39,10)46(36,8)9)37(32-24-19-17-20-25-32)33-26-21-18-22-27-33/h17-22,24-27,31,34,36-40H,14-16,23,28-30H2,1-13H3. The monoisotopic (exact) mass is 787 g/mol. The van der Waals surface area contributed by atoms with Crippen LogP contribution in [0.25, 0.3) is 0 Å². The molecule has 9 heteroatoms. The zero-order valence-electron chi connectivity index (χ0n) is 36.6. The molecule has 0 N–H and O–H groups in total. The molecule has 2 amide bonds. The lowest BCUT2D eigenvalue weighted by molar-refractivity contribution is -0.158. The summed E-state index contributed by atoms with van der Waals surface area (Å²) in [6.07, 6.45) is 6.70. The van der Waals surface area contributed by atoms with E-state index < -0.39 is 49.1 Å². The molecule has 0 aromatic heterocycles. The topological polar surface area (TPSA) is 85.4 Å². The van der Waals surface area contributed by atoms with Crippen molar-refractivity contribution in [3.63, 3.8) is 0 Å². The van der Waals surface area contributed by atoms with Gasteiger partial charge in [-0.1, -0.05) is 134 Å². The van der Waals surface area contributed by atoms with Crippen LogP contribution in [0.5, 0.6) is 0 Å². The number of esters is 1. The molecule has 0 spiro atoms. The maximum atomic E-state index is 15.4. The van der Waals surface area contributed by atoms with Crippen LogP contribution < -0.4 is 0 Å². The van der Waals surface area contributed by atoms with E-state index >= 15 is 4.79 Å². The molecule has 2 fully saturated rings. The Morgan fingerprint density at radius 3 is 1.79 bits per heavy atom. The van der Waals surface area contributed by atoms with E-state index in [1.165, 1.54) is 21.1 Å². The van der Waals surface area contributed by atoms with Crippen LogP contribution in [-0.2, 0) is 19.0 Å². The van der Waals surface area contributed by atoms with Gasteiger partial charge in [-0.05, 0) is 89.3 Å². The second-order valence-electron chi connectivity index (χ2n) is 20.4. The van der Waals surface area contributed by atoms with Crippen molar-refractivity contribution in [3.05, 3.63) is 83.4 Å². The molecule has 1 aliphatic heterocycles. The Kier molecular flexibility index (Phi) is 12.7. The van der Waals surface area contributed by atoms with Gasteiger partial charge in [-0.25, -0.2) is 24.4 Å². The minimum atomic E-state index is -2.56. The normalized spacial score (nSPS) is 26.2. The SMILES string of the molecule is CCCCCCC1C=C(C(=O)OC2C(C(c3ccccc3)c3ccccc3)C3CCC2(C)C3(C)C)C([Si](C)(C)C)N(C(=O)OC(C)(C)C)N1C(=O)OC(C)(C)C. The lowest BCUT2D eigenvalue weighted by Crippen LogP contribution is -2.68. The van der Waals surface area contributed by atoms with Gasteiger partial charge in [0.15, 0.2) is 0 Å². The van der Waals surface area contributed by atoms with Crippen molar-refractivity contribution in [1.29, 1.82) is 0 Å². The predicted octanol–water partition coefficient (Wildman–Crippen LogP) is 11.7. The molecule has 8 nitrogen and oxygen atoms in total. The number of benzene rings is 2. The lowest BCUT2D eigenvalue weighted by atomic mass is 9.68. The van der Waals surface area contributed by atoms with Crippen LogP contribution in [0.15, 0.2) is 72.3 Å². The van der Waals surface area contributed by atoms with Gasteiger partial charge in [-0.15, -0.1) is 0 Å². The van der Waals surface area contributed by atoms with Crippen LogP contribution in [-0.4, -0.2) is 65.3 Å². The number of carbonyl (C=O) groups excluding carboxylic acids is 3. The van der Waals surface area contributed by atoms with Gasteiger partial charge in [-0.2, -0.15) is 0 Å². The van der Waals surface area contributed by atoms with Crippen molar-refractivity contribution in [1.82, 2.24) is 10.0 Å². The molecule has 6 atom stereocenters. The second-order valence-corrected chi connectivity index (χ2v) is 25.7. The first-order valence-electron chi connectivity index (χ1n) is 21.1. The van der Waals surface area contributed by atoms with Gasteiger partial charge in [0.2, 0.25) is 0 Å². The van der Waals surface area contributed by atoms with Gasteiger partial charge in [0.1, 0.15) is 17.3 Å². The largest absolute Gasteiger partial charge is 0.458 e. The molecule has 3 aliphatic rings. The van der Waals surface area contributed by atoms with E-state index in [0.29, 0.717) is 17.9 Å². The first-order valence-corrected chi connectivity index (χ1v) is 24.7. The molecule has 5 rings (SSSR count). The van der Waals surface area contributed by atoms with Crippen molar-refractivity contribution in [2.24, 2.45) is 22.7 Å². The summed E-state index contributed by atoms with van der Waals surface area (Å²) in [7, 11) is -2.56. The molecule has 2 aromatic carbocycles. The predicted molar refractivity (Wildman–Crippen MR) is 227 cm³/mol. The number of amides is 2. The Labute approximate surface area is 338 Å². The van der Waals surface area contributed by atoms with E-state index in [-0.39, 0.29) is 28.8 Å². The minimum Gasteiger partial charge on any atom is -0.458 e. The van der Waals surface area contributed by atoms with E-state index in [2.05, 4.69) is 108 Å². The molecule has 1 heterocycles. The van der Waals surface area contributed by atoms with Gasteiger partial charge in [-0.3, -0.25) is 0 Å². The van der Waals surface area contributed by atoms with Gasteiger partial charge < -0.3 is 14.2 Å². The van der Waals surface area contributed by atoms with Gasteiger partial charge in [0, 0.05) is 17.3 Å². The average Bonchev–Trinajstić information content (AvgIpc) is 3.41. The van der Waals surface area contributed by atoms with Crippen molar-refractivity contribution in [2.45, 2.75) is 169 Å². The number of hydrogen-bond donors (Lipinski definition) is 0. The summed E-state index contributed by atoms with van der Waals surface area (Å²) in [6.45, 7) is 26.5.